The summed E-state index contributed by atoms with van der Waals surface area (Å²) in [6.45, 7) is 0. The van der Waals surface area contributed by atoms with E-state index in [1.165, 1.54) is 6.07 Å². The van der Waals surface area contributed by atoms with Crippen LogP contribution in [0.3, 0.4) is 0 Å². The lowest BCUT2D eigenvalue weighted by molar-refractivity contribution is 0.510. The Morgan fingerprint density at radius 3 is 3.00 bits per heavy atom. The van der Waals surface area contributed by atoms with Gasteiger partial charge in [0.15, 0.2) is 0 Å². The van der Waals surface area contributed by atoms with Gasteiger partial charge in [0.05, 0.1) is 6.04 Å². The number of nitrogens with two attached hydrogens (primary N) is 1. The second-order valence-corrected chi connectivity index (χ2v) is 5.26. The van der Waals surface area contributed by atoms with E-state index in [0.29, 0.717) is 0 Å². The van der Waals surface area contributed by atoms with Crippen molar-refractivity contribution in [1.82, 2.24) is 5.43 Å². The maximum Gasteiger partial charge on any atom is 0.124 e. The number of halogens is 1. The van der Waals surface area contributed by atoms with Crippen LogP contribution in [0.15, 0.2) is 24.3 Å². The lowest BCUT2D eigenvalue weighted by Crippen LogP contribution is -2.27. The first kappa shape index (κ1) is 13.0. The molecule has 0 amide bonds. The molecule has 0 bridgehead atoms. The van der Waals surface area contributed by atoms with E-state index in [9.17, 15) is 4.39 Å². The molecule has 0 saturated heterocycles. The summed E-state index contributed by atoms with van der Waals surface area (Å²) in [4.78, 5) is 1.12. The highest BCUT2D eigenvalue weighted by Crippen LogP contribution is 2.32. The molecule has 0 aliphatic heterocycles. The van der Waals surface area contributed by atoms with Gasteiger partial charge in [0.25, 0.3) is 0 Å². The van der Waals surface area contributed by atoms with Gasteiger partial charge in [0.2, 0.25) is 0 Å². The topological polar surface area (TPSA) is 38.0 Å². The minimum Gasteiger partial charge on any atom is -0.271 e. The van der Waals surface area contributed by atoms with Crippen LogP contribution >= 0.6 is 11.3 Å². The van der Waals surface area contributed by atoms with Crippen LogP contribution in [-0.4, -0.2) is 0 Å². The van der Waals surface area contributed by atoms with Crippen LogP contribution < -0.4 is 11.3 Å². The molecular weight excluding hydrogens is 247 g/mol. The fraction of sp³-hybridized carbons (Fsp3) is 0.286. The van der Waals surface area contributed by atoms with Crippen molar-refractivity contribution in [1.29, 1.82) is 0 Å². The molecule has 1 unspecified atom stereocenters. The molecule has 0 radical (unpaired) electrons. The van der Waals surface area contributed by atoms with E-state index in [1.807, 2.05) is 0 Å². The fourth-order valence-corrected chi connectivity index (χ4v) is 3.10. The zero-order valence-electron chi connectivity index (χ0n) is 9.95. The maximum atomic E-state index is 13.1. The summed E-state index contributed by atoms with van der Waals surface area (Å²) in [7, 11) is 0. The molecule has 0 saturated carbocycles. The van der Waals surface area contributed by atoms with Crippen molar-refractivity contribution in [3.8, 4) is 12.3 Å². The maximum absolute atomic E-state index is 13.1. The van der Waals surface area contributed by atoms with Crippen LogP contribution in [-0.2, 0) is 0 Å². The summed E-state index contributed by atoms with van der Waals surface area (Å²) < 4.78 is 14.1. The average molecular weight is 262 g/mol. The molecule has 18 heavy (non-hydrogen) atoms. The van der Waals surface area contributed by atoms with Crippen molar-refractivity contribution in [2.75, 3.05) is 0 Å². The van der Waals surface area contributed by atoms with Gasteiger partial charge in [-0.15, -0.1) is 23.7 Å². The Labute approximate surface area is 110 Å². The lowest BCUT2D eigenvalue weighted by atomic mass is 10.1. The summed E-state index contributed by atoms with van der Waals surface area (Å²) in [5.41, 5.74) is 2.80. The molecule has 94 valence electrons. The fourth-order valence-electron chi connectivity index (χ4n) is 1.91. The zero-order valence-corrected chi connectivity index (χ0v) is 10.8. The predicted octanol–water partition coefficient (Wildman–Crippen LogP) is 3.35. The van der Waals surface area contributed by atoms with E-state index in [4.69, 9.17) is 12.3 Å². The Bertz CT molecular complexity index is 571. The number of unbranched alkanes of at least 4 members (excludes halogenated alkanes) is 1. The van der Waals surface area contributed by atoms with Crippen molar-refractivity contribution in [3.63, 3.8) is 0 Å². The molecule has 2 nitrogen and oxygen atoms in total. The summed E-state index contributed by atoms with van der Waals surface area (Å²) in [5, 5.41) is 1.05. The first-order chi connectivity index (χ1) is 8.74. The number of benzene rings is 1. The van der Waals surface area contributed by atoms with Crippen molar-refractivity contribution < 1.29 is 4.39 Å². The molecule has 1 aromatic carbocycles. The monoisotopic (exact) mass is 262 g/mol. The van der Waals surface area contributed by atoms with Gasteiger partial charge in [-0.3, -0.25) is 11.3 Å². The van der Waals surface area contributed by atoms with E-state index in [1.54, 1.807) is 23.5 Å². The Balaban J connectivity index is 2.20. The number of hydrogen-bond donors (Lipinski definition) is 2. The molecule has 0 aliphatic carbocycles. The van der Waals surface area contributed by atoms with Crippen LogP contribution in [0.2, 0.25) is 0 Å². The van der Waals surface area contributed by atoms with Crippen LogP contribution in [0.1, 0.15) is 30.2 Å². The normalized spacial score (nSPS) is 12.5. The molecule has 1 heterocycles. The second-order valence-electron chi connectivity index (χ2n) is 4.15. The van der Waals surface area contributed by atoms with Gasteiger partial charge in [-0.2, -0.15) is 0 Å². The summed E-state index contributed by atoms with van der Waals surface area (Å²) in [5.74, 6) is 7.98. The molecule has 1 atom stereocenters. The first-order valence-corrected chi connectivity index (χ1v) is 6.65. The third-order valence-electron chi connectivity index (χ3n) is 2.86. The van der Waals surface area contributed by atoms with Crippen molar-refractivity contribution in [2.45, 2.75) is 25.3 Å². The van der Waals surface area contributed by atoms with E-state index < -0.39 is 0 Å². The minimum atomic E-state index is -0.208. The SMILES string of the molecule is C#CCCCC(NN)c1cc2ccc(F)cc2s1. The Hall–Kier alpha value is -1.41. The van der Waals surface area contributed by atoms with E-state index in [0.717, 1.165) is 34.2 Å². The lowest BCUT2D eigenvalue weighted by Gasteiger charge is -2.12. The number of thiophene rings is 1. The van der Waals surface area contributed by atoms with E-state index in [2.05, 4.69) is 17.4 Å². The zero-order chi connectivity index (χ0) is 13.0. The Morgan fingerprint density at radius 1 is 1.44 bits per heavy atom. The highest BCUT2D eigenvalue weighted by Gasteiger charge is 2.12. The van der Waals surface area contributed by atoms with E-state index >= 15 is 0 Å². The van der Waals surface area contributed by atoms with Crippen LogP contribution in [0.4, 0.5) is 4.39 Å². The molecule has 0 aliphatic rings. The molecule has 0 spiro atoms. The Kier molecular flexibility index (Phi) is 4.32. The third-order valence-corrected chi connectivity index (χ3v) is 4.07. The number of rotatable bonds is 5. The molecule has 1 aromatic heterocycles. The molecule has 2 rings (SSSR count). The predicted molar refractivity (Wildman–Crippen MR) is 74.5 cm³/mol. The highest BCUT2D eigenvalue weighted by molar-refractivity contribution is 7.19. The Morgan fingerprint density at radius 2 is 2.28 bits per heavy atom. The summed E-state index contributed by atoms with van der Waals surface area (Å²) in [6, 6.07) is 6.96. The number of hydrogen-bond acceptors (Lipinski definition) is 3. The van der Waals surface area contributed by atoms with Gasteiger partial charge in [-0.05, 0) is 36.4 Å². The third kappa shape index (κ3) is 2.88. The number of fused-ring (bicyclic) bond motifs is 1. The number of nitrogens with one attached hydrogen (secondary N) is 1. The van der Waals surface area contributed by atoms with Gasteiger partial charge in [0, 0.05) is 16.0 Å². The number of terminal acetylenes is 1. The second kappa shape index (κ2) is 5.96. The highest BCUT2D eigenvalue weighted by atomic mass is 32.1. The van der Waals surface area contributed by atoms with Gasteiger partial charge >= 0.3 is 0 Å². The van der Waals surface area contributed by atoms with Gasteiger partial charge < -0.3 is 0 Å². The van der Waals surface area contributed by atoms with Crippen LogP contribution in [0.25, 0.3) is 10.1 Å². The molecule has 0 fully saturated rings. The van der Waals surface area contributed by atoms with Crippen molar-refractivity contribution in [3.05, 3.63) is 35.0 Å². The largest absolute Gasteiger partial charge is 0.271 e. The molecule has 4 heteroatoms. The molecule has 2 aromatic rings. The molecule has 3 N–H and O–H groups in total. The van der Waals surface area contributed by atoms with Crippen molar-refractivity contribution >= 4 is 21.4 Å². The van der Waals surface area contributed by atoms with Gasteiger partial charge in [-0.1, -0.05) is 6.07 Å². The summed E-state index contributed by atoms with van der Waals surface area (Å²) in [6.07, 6.45) is 7.79. The van der Waals surface area contributed by atoms with Crippen molar-refractivity contribution in [2.24, 2.45) is 5.84 Å². The van der Waals surface area contributed by atoms with Crippen LogP contribution in [0.5, 0.6) is 0 Å². The average Bonchev–Trinajstić information content (AvgIpc) is 2.77. The smallest absolute Gasteiger partial charge is 0.124 e. The number of hydrazine groups is 1. The van der Waals surface area contributed by atoms with Gasteiger partial charge in [-0.25, -0.2) is 4.39 Å². The van der Waals surface area contributed by atoms with Crippen LogP contribution in [0, 0.1) is 18.2 Å². The molecular formula is C14H15FN2S. The first-order valence-electron chi connectivity index (χ1n) is 5.83. The van der Waals surface area contributed by atoms with E-state index in [-0.39, 0.29) is 11.9 Å². The quantitative estimate of drug-likeness (QED) is 0.375. The standard InChI is InChI=1S/C14H15FN2S/c1-2-3-4-5-12(17-16)14-8-10-6-7-11(15)9-13(10)18-14/h1,6-9,12,17H,3-5,16H2. The summed E-state index contributed by atoms with van der Waals surface area (Å²) >= 11 is 1.57. The minimum absolute atomic E-state index is 0.0822. The van der Waals surface area contributed by atoms with Gasteiger partial charge in [0.1, 0.15) is 5.82 Å².